The summed E-state index contributed by atoms with van der Waals surface area (Å²) in [5, 5.41) is 9.82. The Bertz CT molecular complexity index is 398. The van der Waals surface area contributed by atoms with Crippen LogP contribution < -0.4 is 0 Å². The van der Waals surface area contributed by atoms with Crippen molar-refractivity contribution in [3.8, 4) is 0 Å². The van der Waals surface area contributed by atoms with Gasteiger partial charge in [-0.3, -0.25) is 0 Å². The summed E-state index contributed by atoms with van der Waals surface area (Å²) >= 11 is 9.60. The van der Waals surface area contributed by atoms with Crippen LogP contribution in [0.1, 0.15) is 17.5 Å². The molecule has 0 saturated carbocycles. The lowest BCUT2D eigenvalue weighted by molar-refractivity contribution is 0.327. The molecular weight excluding hydrogens is 263 g/mol. The molecule has 1 nitrogen and oxygen atoms in total. The lowest BCUT2D eigenvalue weighted by atomic mass is 9.92. The van der Waals surface area contributed by atoms with E-state index in [9.17, 15) is 0 Å². The highest BCUT2D eigenvalue weighted by molar-refractivity contribution is 9.10. The fraction of sp³-hybridized carbons (Fsp3) is 0.273. The Morgan fingerprint density at radius 3 is 2.86 bits per heavy atom. The van der Waals surface area contributed by atoms with Crippen LogP contribution in [-0.4, -0.2) is 11.7 Å². The molecule has 1 aromatic rings. The van der Waals surface area contributed by atoms with E-state index in [1.54, 1.807) is 0 Å². The van der Waals surface area contributed by atoms with E-state index in [0.717, 1.165) is 33.5 Å². The van der Waals surface area contributed by atoms with Crippen molar-refractivity contribution in [2.75, 3.05) is 6.61 Å². The molecule has 0 aliphatic heterocycles. The smallest absolute Gasteiger partial charge is 0.0659 e. The van der Waals surface area contributed by atoms with Gasteiger partial charge in [0.15, 0.2) is 0 Å². The first kappa shape index (κ1) is 10.2. The first-order valence-electron chi connectivity index (χ1n) is 4.49. The Balaban J connectivity index is 2.55. The van der Waals surface area contributed by atoms with Crippen LogP contribution >= 0.6 is 27.5 Å². The number of benzene rings is 1. The Labute approximate surface area is 96.5 Å². The Morgan fingerprint density at radius 2 is 2.14 bits per heavy atom. The van der Waals surface area contributed by atoms with Gasteiger partial charge in [0.1, 0.15) is 0 Å². The minimum Gasteiger partial charge on any atom is -0.392 e. The van der Waals surface area contributed by atoms with Crippen molar-refractivity contribution in [2.45, 2.75) is 12.8 Å². The molecule has 2 rings (SSSR count). The normalized spacial score (nSPS) is 15.6. The van der Waals surface area contributed by atoms with Crippen LogP contribution in [0.2, 0.25) is 0 Å². The van der Waals surface area contributed by atoms with E-state index in [-0.39, 0.29) is 6.61 Å². The van der Waals surface area contributed by atoms with Gasteiger partial charge in [0, 0.05) is 9.51 Å². The third-order valence-electron chi connectivity index (χ3n) is 2.51. The largest absolute Gasteiger partial charge is 0.392 e. The standard InChI is InChI=1S/C11H10BrClO/c12-9-4-3-7-1-2-8(6-14)11(13)10(7)5-9/h3-5,14H,1-2,6H2. The van der Waals surface area contributed by atoms with Gasteiger partial charge in [-0.1, -0.05) is 33.6 Å². The number of halogens is 2. The number of aryl methyl sites for hydroxylation is 1. The molecule has 0 aromatic heterocycles. The van der Waals surface area contributed by atoms with E-state index >= 15 is 0 Å². The predicted octanol–water partition coefficient (Wildman–Crippen LogP) is 3.34. The zero-order chi connectivity index (χ0) is 10.1. The van der Waals surface area contributed by atoms with E-state index in [1.807, 2.05) is 12.1 Å². The van der Waals surface area contributed by atoms with Crippen LogP contribution in [0, 0.1) is 0 Å². The maximum atomic E-state index is 9.10. The van der Waals surface area contributed by atoms with Gasteiger partial charge in [-0.2, -0.15) is 0 Å². The monoisotopic (exact) mass is 272 g/mol. The average Bonchev–Trinajstić information content (AvgIpc) is 2.20. The molecule has 0 atom stereocenters. The Morgan fingerprint density at radius 1 is 1.36 bits per heavy atom. The van der Waals surface area contributed by atoms with E-state index < -0.39 is 0 Å². The summed E-state index contributed by atoms with van der Waals surface area (Å²) in [5.41, 5.74) is 3.25. The van der Waals surface area contributed by atoms with Gasteiger partial charge in [-0.25, -0.2) is 0 Å². The quantitative estimate of drug-likeness (QED) is 0.832. The van der Waals surface area contributed by atoms with Crippen molar-refractivity contribution in [1.82, 2.24) is 0 Å². The molecule has 0 unspecified atom stereocenters. The Kier molecular flexibility index (Phi) is 2.96. The second-order valence-corrected chi connectivity index (χ2v) is 4.67. The molecule has 1 aliphatic carbocycles. The molecule has 74 valence electrons. The molecule has 0 saturated heterocycles. The van der Waals surface area contributed by atoms with Gasteiger partial charge in [-0.05, 0) is 41.7 Å². The molecular formula is C11H10BrClO. The van der Waals surface area contributed by atoms with Crippen LogP contribution in [0.15, 0.2) is 28.2 Å². The lowest BCUT2D eigenvalue weighted by Gasteiger charge is -2.18. The van der Waals surface area contributed by atoms with Crippen molar-refractivity contribution in [1.29, 1.82) is 0 Å². The number of rotatable bonds is 1. The minimum absolute atomic E-state index is 0.0603. The minimum atomic E-state index is 0.0603. The molecule has 3 heteroatoms. The van der Waals surface area contributed by atoms with Crippen LogP contribution in [0.5, 0.6) is 0 Å². The summed E-state index contributed by atoms with van der Waals surface area (Å²) in [6.07, 6.45) is 1.83. The van der Waals surface area contributed by atoms with Crippen molar-refractivity contribution < 1.29 is 5.11 Å². The number of fused-ring (bicyclic) bond motifs is 1. The molecule has 0 heterocycles. The molecule has 14 heavy (non-hydrogen) atoms. The van der Waals surface area contributed by atoms with Gasteiger partial charge in [0.2, 0.25) is 0 Å². The van der Waals surface area contributed by atoms with Gasteiger partial charge >= 0.3 is 0 Å². The average molecular weight is 274 g/mol. The molecule has 1 aliphatic rings. The maximum Gasteiger partial charge on any atom is 0.0659 e. The van der Waals surface area contributed by atoms with Crippen LogP contribution in [-0.2, 0) is 6.42 Å². The molecule has 0 bridgehead atoms. The number of hydrogen-bond acceptors (Lipinski definition) is 1. The summed E-state index contributed by atoms with van der Waals surface area (Å²) in [5.74, 6) is 0. The summed E-state index contributed by atoms with van der Waals surface area (Å²) in [7, 11) is 0. The predicted molar refractivity (Wildman–Crippen MR) is 62.3 cm³/mol. The molecule has 0 radical (unpaired) electrons. The van der Waals surface area contributed by atoms with Gasteiger partial charge < -0.3 is 5.11 Å². The number of aliphatic hydroxyl groups excluding tert-OH is 1. The van der Waals surface area contributed by atoms with Crippen LogP contribution in [0.3, 0.4) is 0 Å². The van der Waals surface area contributed by atoms with E-state index in [0.29, 0.717) is 0 Å². The van der Waals surface area contributed by atoms with Crippen LogP contribution in [0.4, 0.5) is 0 Å². The summed E-state index contributed by atoms with van der Waals surface area (Å²) in [6.45, 7) is 0.0603. The third-order valence-corrected chi connectivity index (χ3v) is 3.47. The number of aliphatic hydroxyl groups is 1. The van der Waals surface area contributed by atoms with E-state index in [2.05, 4.69) is 22.0 Å². The highest BCUT2D eigenvalue weighted by Crippen LogP contribution is 2.35. The van der Waals surface area contributed by atoms with Crippen molar-refractivity contribution in [2.24, 2.45) is 0 Å². The van der Waals surface area contributed by atoms with E-state index in [1.165, 1.54) is 5.56 Å². The van der Waals surface area contributed by atoms with Crippen LogP contribution in [0.25, 0.3) is 5.03 Å². The number of hydrogen-bond donors (Lipinski definition) is 1. The second kappa shape index (κ2) is 4.05. The molecule has 1 N–H and O–H groups in total. The highest BCUT2D eigenvalue weighted by Gasteiger charge is 2.16. The topological polar surface area (TPSA) is 20.2 Å². The zero-order valence-corrected chi connectivity index (χ0v) is 9.90. The fourth-order valence-corrected chi connectivity index (χ4v) is 2.40. The molecule has 1 aromatic carbocycles. The fourth-order valence-electron chi connectivity index (χ4n) is 1.71. The summed E-state index contributed by atoms with van der Waals surface area (Å²) in [6, 6.07) is 6.11. The van der Waals surface area contributed by atoms with Gasteiger partial charge in [0.25, 0.3) is 0 Å². The summed E-state index contributed by atoms with van der Waals surface area (Å²) < 4.78 is 1.02. The first-order valence-corrected chi connectivity index (χ1v) is 5.66. The zero-order valence-electron chi connectivity index (χ0n) is 7.56. The van der Waals surface area contributed by atoms with Gasteiger partial charge in [-0.15, -0.1) is 0 Å². The first-order chi connectivity index (χ1) is 6.72. The lowest BCUT2D eigenvalue weighted by Crippen LogP contribution is -2.05. The van der Waals surface area contributed by atoms with Gasteiger partial charge in [0.05, 0.1) is 6.61 Å². The van der Waals surface area contributed by atoms with Crippen molar-refractivity contribution in [3.63, 3.8) is 0 Å². The highest BCUT2D eigenvalue weighted by atomic mass is 79.9. The maximum absolute atomic E-state index is 9.10. The second-order valence-electron chi connectivity index (χ2n) is 3.38. The van der Waals surface area contributed by atoms with Crippen molar-refractivity contribution in [3.05, 3.63) is 39.4 Å². The molecule has 0 amide bonds. The SMILES string of the molecule is OCC1=C(Cl)c2cc(Br)ccc2CC1. The van der Waals surface area contributed by atoms with E-state index in [4.69, 9.17) is 16.7 Å². The molecule has 0 fully saturated rings. The third kappa shape index (κ3) is 1.74. The summed E-state index contributed by atoms with van der Waals surface area (Å²) in [4.78, 5) is 0. The Hall–Kier alpha value is -0.310. The molecule has 0 spiro atoms. The van der Waals surface area contributed by atoms with Crippen molar-refractivity contribution >= 4 is 32.6 Å².